The number of halogens is 1. The van der Waals surface area contributed by atoms with E-state index < -0.39 is 11.0 Å². The zero-order chi connectivity index (χ0) is 23.0. The standard InChI is InChI=1S/C23H27IN6O2S/c1-2-13-33(31)30-16-7-8-19(24)21(14-16)32-22-18(6-4-11-26-22)20-9-12-27-23(29-20)28-17-5-3-10-25-15-17/h4,6-9,11-12,14,17,25,30H,2-3,5,10,13,15H2,1H3,(H,27,28,29)/t17-,33?/m0/s1. The van der Waals surface area contributed by atoms with Crippen LogP contribution in [-0.2, 0) is 11.0 Å². The molecule has 33 heavy (non-hydrogen) atoms. The van der Waals surface area contributed by atoms with Gasteiger partial charge < -0.3 is 20.1 Å². The average molecular weight is 578 g/mol. The van der Waals surface area contributed by atoms with E-state index in [-0.39, 0.29) is 0 Å². The summed E-state index contributed by atoms with van der Waals surface area (Å²) < 4.78 is 22.3. The Morgan fingerprint density at radius 1 is 1.24 bits per heavy atom. The molecular weight excluding hydrogens is 551 g/mol. The first kappa shape index (κ1) is 23.8. The Morgan fingerprint density at radius 2 is 2.15 bits per heavy atom. The molecule has 10 heteroatoms. The van der Waals surface area contributed by atoms with Gasteiger partial charge in [-0.05, 0) is 78.7 Å². The summed E-state index contributed by atoms with van der Waals surface area (Å²) in [5.74, 6) is 2.27. The topological polar surface area (TPSA) is 101 Å². The third kappa shape index (κ3) is 6.61. The predicted octanol–water partition coefficient (Wildman–Crippen LogP) is 4.59. The third-order valence-electron chi connectivity index (χ3n) is 5.09. The lowest BCUT2D eigenvalue weighted by Crippen LogP contribution is -2.38. The molecule has 0 spiro atoms. The molecule has 0 saturated carbocycles. The van der Waals surface area contributed by atoms with Crippen molar-refractivity contribution in [3.8, 4) is 22.9 Å². The number of piperidine rings is 1. The number of nitrogens with zero attached hydrogens (tertiary/aromatic N) is 3. The van der Waals surface area contributed by atoms with E-state index in [1.165, 1.54) is 0 Å². The third-order valence-corrected chi connectivity index (χ3v) is 7.23. The summed E-state index contributed by atoms with van der Waals surface area (Å²) in [4.78, 5) is 13.6. The minimum atomic E-state index is -1.12. The Bertz CT molecular complexity index is 1110. The molecule has 3 aromatic rings. The lowest BCUT2D eigenvalue weighted by atomic mass is 10.1. The minimum absolute atomic E-state index is 0.314. The van der Waals surface area contributed by atoms with Crippen molar-refractivity contribution in [1.82, 2.24) is 20.3 Å². The van der Waals surface area contributed by atoms with E-state index in [9.17, 15) is 4.21 Å². The van der Waals surface area contributed by atoms with Crippen LogP contribution in [0.1, 0.15) is 26.2 Å². The van der Waals surface area contributed by atoms with Crippen molar-refractivity contribution in [2.75, 3.05) is 28.9 Å². The summed E-state index contributed by atoms with van der Waals surface area (Å²) in [7, 11) is -1.12. The number of aromatic nitrogens is 3. The monoisotopic (exact) mass is 578 g/mol. The lowest BCUT2D eigenvalue weighted by molar-refractivity contribution is 0.462. The molecule has 1 saturated heterocycles. The second-order valence-corrected chi connectivity index (χ2v) is 10.2. The summed E-state index contributed by atoms with van der Waals surface area (Å²) in [5.41, 5.74) is 2.24. The number of ether oxygens (including phenoxy) is 1. The lowest BCUT2D eigenvalue weighted by Gasteiger charge is -2.23. The first-order chi connectivity index (χ1) is 16.1. The summed E-state index contributed by atoms with van der Waals surface area (Å²) in [5, 5.41) is 6.81. The average Bonchev–Trinajstić information content (AvgIpc) is 2.83. The van der Waals surface area contributed by atoms with E-state index in [1.807, 2.05) is 43.3 Å². The molecule has 1 unspecified atom stereocenters. The van der Waals surface area contributed by atoms with Gasteiger partial charge in [-0.1, -0.05) is 6.92 Å². The Labute approximate surface area is 210 Å². The Morgan fingerprint density at radius 3 is 2.97 bits per heavy atom. The van der Waals surface area contributed by atoms with Crippen LogP contribution >= 0.6 is 22.6 Å². The van der Waals surface area contributed by atoms with Crippen molar-refractivity contribution in [2.45, 2.75) is 32.2 Å². The van der Waals surface area contributed by atoms with Gasteiger partial charge in [0.15, 0.2) is 0 Å². The number of benzene rings is 1. The van der Waals surface area contributed by atoms with Crippen molar-refractivity contribution in [1.29, 1.82) is 0 Å². The molecule has 2 atom stereocenters. The quantitative estimate of drug-likeness (QED) is 0.320. The molecule has 1 aliphatic heterocycles. The van der Waals surface area contributed by atoms with Crippen LogP contribution in [0.3, 0.4) is 0 Å². The van der Waals surface area contributed by atoms with Gasteiger partial charge in [0.25, 0.3) is 0 Å². The van der Waals surface area contributed by atoms with E-state index in [0.29, 0.717) is 29.4 Å². The highest BCUT2D eigenvalue weighted by Gasteiger charge is 2.16. The van der Waals surface area contributed by atoms with E-state index in [1.54, 1.807) is 12.4 Å². The molecule has 8 nitrogen and oxygen atoms in total. The normalized spacial score (nSPS) is 16.7. The van der Waals surface area contributed by atoms with E-state index in [4.69, 9.17) is 9.72 Å². The largest absolute Gasteiger partial charge is 0.437 e. The zero-order valence-electron chi connectivity index (χ0n) is 18.4. The summed E-state index contributed by atoms with van der Waals surface area (Å²) in [6.45, 7) is 3.96. The van der Waals surface area contributed by atoms with Crippen LogP contribution in [0.2, 0.25) is 0 Å². The molecule has 1 aliphatic rings. The summed E-state index contributed by atoms with van der Waals surface area (Å²) in [6.07, 6.45) is 6.51. The molecule has 3 N–H and O–H groups in total. The van der Waals surface area contributed by atoms with Gasteiger partial charge in [0, 0.05) is 36.8 Å². The first-order valence-electron chi connectivity index (χ1n) is 11.0. The highest BCUT2D eigenvalue weighted by atomic mass is 127. The number of hydrogen-bond donors (Lipinski definition) is 3. The van der Waals surface area contributed by atoms with Crippen molar-refractivity contribution < 1.29 is 8.95 Å². The van der Waals surface area contributed by atoms with Gasteiger partial charge in [-0.2, -0.15) is 0 Å². The molecular formula is C23H27IN6O2S. The Balaban J connectivity index is 1.56. The number of nitrogens with one attached hydrogen (secondary N) is 3. The molecule has 1 aromatic carbocycles. The van der Waals surface area contributed by atoms with Crippen LogP contribution < -0.4 is 20.1 Å². The van der Waals surface area contributed by atoms with E-state index in [0.717, 1.165) is 52.9 Å². The van der Waals surface area contributed by atoms with Crippen molar-refractivity contribution in [3.05, 3.63) is 52.4 Å². The van der Waals surface area contributed by atoms with Gasteiger partial charge >= 0.3 is 0 Å². The highest BCUT2D eigenvalue weighted by Crippen LogP contribution is 2.34. The summed E-state index contributed by atoms with van der Waals surface area (Å²) in [6, 6.07) is 11.6. The minimum Gasteiger partial charge on any atom is -0.437 e. The second-order valence-electron chi connectivity index (χ2n) is 7.71. The van der Waals surface area contributed by atoms with Gasteiger partial charge in [0.1, 0.15) is 16.7 Å². The SMILES string of the molecule is CCCS(=O)Nc1ccc(I)c(Oc2ncccc2-c2ccnc(N[C@H]3CCCNC3)n2)c1. The molecule has 0 radical (unpaired) electrons. The Kier molecular flexibility index (Phi) is 8.46. The molecule has 3 heterocycles. The van der Waals surface area contributed by atoms with E-state index in [2.05, 4.69) is 47.9 Å². The second kappa shape index (κ2) is 11.7. The fraction of sp³-hybridized carbons (Fsp3) is 0.348. The van der Waals surface area contributed by atoms with Crippen LogP contribution in [0.15, 0.2) is 48.8 Å². The first-order valence-corrected chi connectivity index (χ1v) is 13.4. The maximum Gasteiger partial charge on any atom is 0.228 e. The number of rotatable bonds is 9. The number of hydrogen-bond acceptors (Lipinski definition) is 7. The van der Waals surface area contributed by atoms with Crippen LogP contribution in [0, 0.1) is 3.57 Å². The van der Waals surface area contributed by atoms with Crippen molar-refractivity contribution >= 4 is 45.2 Å². The molecule has 174 valence electrons. The Hall–Kier alpha value is -2.31. The molecule has 4 rings (SSSR count). The molecule has 2 aromatic heterocycles. The smallest absolute Gasteiger partial charge is 0.228 e. The highest BCUT2D eigenvalue weighted by molar-refractivity contribution is 14.1. The van der Waals surface area contributed by atoms with Crippen molar-refractivity contribution in [3.63, 3.8) is 0 Å². The molecule has 0 bridgehead atoms. The zero-order valence-corrected chi connectivity index (χ0v) is 21.4. The molecule has 1 fully saturated rings. The molecule has 0 aliphatic carbocycles. The van der Waals surface area contributed by atoms with Crippen LogP contribution in [-0.4, -0.2) is 44.0 Å². The van der Waals surface area contributed by atoms with Crippen LogP contribution in [0.4, 0.5) is 11.6 Å². The van der Waals surface area contributed by atoms with Gasteiger partial charge in [-0.3, -0.25) is 0 Å². The predicted molar refractivity (Wildman–Crippen MR) is 141 cm³/mol. The van der Waals surface area contributed by atoms with Gasteiger partial charge in [-0.25, -0.2) is 19.2 Å². The molecule has 0 amide bonds. The maximum atomic E-state index is 12.1. The summed E-state index contributed by atoms with van der Waals surface area (Å²) >= 11 is 2.22. The van der Waals surface area contributed by atoms with E-state index >= 15 is 0 Å². The van der Waals surface area contributed by atoms with Gasteiger partial charge in [-0.15, -0.1) is 0 Å². The van der Waals surface area contributed by atoms with Crippen LogP contribution in [0.5, 0.6) is 11.6 Å². The maximum absolute atomic E-state index is 12.1. The van der Waals surface area contributed by atoms with Gasteiger partial charge in [0.2, 0.25) is 11.8 Å². The van der Waals surface area contributed by atoms with Crippen LogP contribution in [0.25, 0.3) is 11.3 Å². The number of pyridine rings is 1. The van der Waals surface area contributed by atoms with Crippen molar-refractivity contribution in [2.24, 2.45) is 0 Å². The van der Waals surface area contributed by atoms with Gasteiger partial charge in [0.05, 0.1) is 20.5 Å². The fourth-order valence-corrected chi connectivity index (χ4v) is 4.83. The fourth-order valence-electron chi connectivity index (χ4n) is 3.52. The number of anilines is 2.